The fourth-order valence-corrected chi connectivity index (χ4v) is 0.940. The number of rotatable bonds is 6. The van der Waals surface area contributed by atoms with Crippen molar-refractivity contribution in [1.82, 2.24) is 4.90 Å². The molecular weight excluding hydrogens is 138 g/mol. The lowest BCUT2D eigenvalue weighted by molar-refractivity contribution is 0.0449. The summed E-state index contributed by atoms with van der Waals surface area (Å²) in [7, 11) is 2.12. The van der Waals surface area contributed by atoms with Crippen molar-refractivity contribution in [3.05, 3.63) is 0 Å². The number of ether oxygens (including phenoxy) is 1. The molecule has 0 fully saturated rings. The van der Waals surface area contributed by atoms with Crippen LogP contribution in [-0.2, 0) is 4.74 Å². The third-order valence-electron chi connectivity index (χ3n) is 1.72. The van der Waals surface area contributed by atoms with Crippen LogP contribution in [0.25, 0.3) is 0 Å². The van der Waals surface area contributed by atoms with E-state index >= 15 is 0 Å². The van der Waals surface area contributed by atoms with Gasteiger partial charge in [0.05, 0.1) is 6.10 Å². The van der Waals surface area contributed by atoms with Crippen molar-refractivity contribution >= 4 is 0 Å². The Kier molecular flexibility index (Phi) is 6.57. The van der Waals surface area contributed by atoms with E-state index in [0.29, 0.717) is 6.10 Å². The fraction of sp³-hybridized carbons (Fsp3) is 1.00. The van der Waals surface area contributed by atoms with Crippen molar-refractivity contribution in [2.75, 3.05) is 26.7 Å². The van der Waals surface area contributed by atoms with Gasteiger partial charge in [0.25, 0.3) is 0 Å². The molecule has 0 N–H and O–H groups in total. The van der Waals surface area contributed by atoms with Crippen LogP contribution in [0.2, 0.25) is 0 Å². The molecule has 0 spiro atoms. The Morgan fingerprint density at radius 2 is 2.00 bits per heavy atom. The van der Waals surface area contributed by atoms with E-state index in [1.807, 2.05) is 0 Å². The second-order valence-corrected chi connectivity index (χ2v) is 3.04. The highest BCUT2D eigenvalue weighted by molar-refractivity contribution is 4.55. The van der Waals surface area contributed by atoms with Crippen LogP contribution in [0.3, 0.4) is 0 Å². The summed E-state index contributed by atoms with van der Waals surface area (Å²) >= 11 is 0. The minimum absolute atomic E-state index is 0.375. The minimum atomic E-state index is 0.375. The smallest absolute Gasteiger partial charge is 0.0673 e. The summed E-state index contributed by atoms with van der Waals surface area (Å²) < 4.78 is 5.52. The summed E-state index contributed by atoms with van der Waals surface area (Å²) in [5, 5.41) is 0. The van der Waals surface area contributed by atoms with Crippen LogP contribution in [0.15, 0.2) is 0 Å². The predicted molar refractivity (Wildman–Crippen MR) is 48.9 cm³/mol. The SMILES string of the molecule is CCCOC(C)CN(C)CC. The van der Waals surface area contributed by atoms with E-state index in [2.05, 4.69) is 32.7 Å². The maximum absolute atomic E-state index is 5.52. The van der Waals surface area contributed by atoms with Gasteiger partial charge in [0.1, 0.15) is 0 Å². The van der Waals surface area contributed by atoms with E-state index in [1.54, 1.807) is 0 Å². The molecule has 0 aliphatic heterocycles. The van der Waals surface area contributed by atoms with Crippen molar-refractivity contribution < 1.29 is 4.74 Å². The van der Waals surface area contributed by atoms with Gasteiger partial charge in [-0.25, -0.2) is 0 Å². The molecule has 0 aliphatic rings. The highest BCUT2D eigenvalue weighted by atomic mass is 16.5. The van der Waals surface area contributed by atoms with Crippen LogP contribution in [0, 0.1) is 0 Å². The topological polar surface area (TPSA) is 12.5 Å². The molecule has 2 nitrogen and oxygen atoms in total. The van der Waals surface area contributed by atoms with Gasteiger partial charge in [-0.3, -0.25) is 0 Å². The van der Waals surface area contributed by atoms with Gasteiger partial charge in [-0.15, -0.1) is 0 Å². The molecule has 11 heavy (non-hydrogen) atoms. The van der Waals surface area contributed by atoms with Crippen LogP contribution in [-0.4, -0.2) is 37.7 Å². The van der Waals surface area contributed by atoms with Gasteiger partial charge in [-0.2, -0.15) is 0 Å². The van der Waals surface area contributed by atoms with E-state index in [9.17, 15) is 0 Å². The number of hydrogen-bond acceptors (Lipinski definition) is 2. The van der Waals surface area contributed by atoms with Crippen molar-refractivity contribution in [2.45, 2.75) is 33.3 Å². The van der Waals surface area contributed by atoms with Gasteiger partial charge in [0.2, 0.25) is 0 Å². The van der Waals surface area contributed by atoms with Crippen LogP contribution >= 0.6 is 0 Å². The van der Waals surface area contributed by atoms with E-state index in [-0.39, 0.29) is 0 Å². The lowest BCUT2D eigenvalue weighted by Crippen LogP contribution is -2.29. The molecule has 0 rings (SSSR count). The Balaban J connectivity index is 3.27. The number of hydrogen-bond donors (Lipinski definition) is 0. The molecule has 1 unspecified atom stereocenters. The molecule has 2 heteroatoms. The van der Waals surface area contributed by atoms with E-state index in [1.165, 1.54) is 0 Å². The molecule has 1 atom stereocenters. The Labute approximate surface area is 70.5 Å². The normalized spacial score (nSPS) is 13.9. The van der Waals surface area contributed by atoms with Gasteiger partial charge >= 0.3 is 0 Å². The van der Waals surface area contributed by atoms with Gasteiger partial charge in [-0.05, 0) is 26.9 Å². The molecule has 0 amide bonds. The van der Waals surface area contributed by atoms with Crippen molar-refractivity contribution in [3.63, 3.8) is 0 Å². The highest BCUT2D eigenvalue weighted by Gasteiger charge is 2.03. The molecule has 0 saturated carbocycles. The Morgan fingerprint density at radius 3 is 2.45 bits per heavy atom. The van der Waals surface area contributed by atoms with Crippen molar-refractivity contribution in [1.29, 1.82) is 0 Å². The molecule has 68 valence electrons. The maximum Gasteiger partial charge on any atom is 0.0673 e. The Morgan fingerprint density at radius 1 is 1.36 bits per heavy atom. The van der Waals surface area contributed by atoms with Crippen molar-refractivity contribution in [2.24, 2.45) is 0 Å². The summed E-state index contributed by atoms with van der Waals surface area (Å²) in [6, 6.07) is 0. The summed E-state index contributed by atoms with van der Waals surface area (Å²) in [6.45, 7) is 9.44. The van der Waals surface area contributed by atoms with E-state index in [0.717, 1.165) is 26.1 Å². The van der Waals surface area contributed by atoms with Crippen LogP contribution < -0.4 is 0 Å². The van der Waals surface area contributed by atoms with Crippen LogP contribution in [0.1, 0.15) is 27.2 Å². The predicted octanol–water partition coefficient (Wildman–Crippen LogP) is 1.75. The second kappa shape index (κ2) is 6.62. The summed E-state index contributed by atoms with van der Waals surface area (Å²) in [5.41, 5.74) is 0. The molecular formula is C9H21NO. The molecule has 0 aliphatic carbocycles. The molecule has 0 heterocycles. The molecule has 0 radical (unpaired) electrons. The monoisotopic (exact) mass is 159 g/mol. The first-order valence-corrected chi connectivity index (χ1v) is 4.50. The average molecular weight is 159 g/mol. The minimum Gasteiger partial charge on any atom is -0.377 e. The van der Waals surface area contributed by atoms with Gasteiger partial charge in [0.15, 0.2) is 0 Å². The second-order valence-electron chi connectivity index (χ2n) is 3.04. The molecule has 0 saturated heterocycles. The fourth-order valence-electron chi connectivity index (χ4n) is 0.940. The van der Waals surface area contributed by atoms with Crippen LogP contribution in [0.4, 0.5) is 0 Å². The summed E-state index contributed by atoms with van der Waals surface area (Å²) in [6.07, 6.45) is 1.49. The van der Waals surface area contributed by atoms with Gasteiger partial charge in [-0.1, -0.05) is 13.8 Å². The first-order chi connectivity index (χ1) is 5.20. The standard InChI is InChI=1S/C9H21NO/c1-5-7-11-9(3)8-10(4)6-2/h9H,5-8H2,1-4H3. The largest absolute Gasteiger partial charge is 0.377 e. The molecule has 0 aromatic carbocycles. The summed E-state index contributed by atoms with van der Waals surface area (Å²) in [4.78, 5) is 2.26. The zero-order chi connectivity index (χ0) is 8.69. The lowest BCUT2D eigenvalue weighted by atomic mass is 10.3. The first-order valence-electron chi connectivity index (χ1n) is 4.50. The summed E-state index contributed by atoms with van der Waals surface area (Å²) in [5.74, 6) is 0. The van der Waals surface area contributed by atoms with E-state index in [4.69, 9.17) is 4.74 Å². The van der Waals surface area contributed by atoms with E-state index < -0.39 is 0 Å². The zero-order valence-electron chi connectivity index (χ0n) is 8.26. The number of likely N-dealkylation sites (N-methyl/N-ethyl adjacent to an activating group) is 1. The van der Waals surface area contributed by atoms with Gasteiger partial charge < -0.3 is 9.64 Å². The van der Waals surface area contributed by atoms with Crippen LogP contribution in [0.5, 0.6) is 0 Å². The molecule has 0 bridgehead atoms. The lowest BCUT2D eigenvalue weighted by Gasteiger charge is -2.19. The third-order valence-corrected chi connectivity index (χ3v) is 1.72. The molecule has 0 aromatic rings. The highest BCUT2D eigenvalue weighted by Crippen LogP contribution is 1.94. The quantitative estimate of drug-likeness (QED) is 0.585. The first kappa shape index (κ1) is 10.9. The number of nitrogens with zero attached hydrogens (tertiary/aromatic N) is 1. The van der Waals surface area contributed by atoms with Gasteiger partial charge in [0, 0.05) is 13.2 Å². The molecule has 0 aromatic heterocycles. The zero-order valence-corrected chi connectivity index (χ0v) is 8.26. The average Bonchev–Trinajstić information content (AvgIpc) is 2.00. The third kappa shape index (κ3) is 6.32. The Hall–Kier alpha value is -0.0800. The Bertz CT molecular complexity index is 85.6. The maximum atomic E-state index is 5.52. The van der Waals surface area contributed by atoms with Crippen molar-refractivity contribution in [3.8, 4) is 0 Å².